The minimum absolute atomic E-state index is 0.0597. The third-order valence-electron chi connectivity index (χ3n) is 5.98. The van der Waals surface area contributed by atoms with Crippen LogP contribution in [0.2, 0.25) is 0 Å². The largest absolute Gasteiger partial charge is 0.416 e. The van der Waals surface area contributed by atoms with Crippen molar-refractivity contribution in [1.29, 1.82) is 0 Å². The van der Waals surface area contributed by atoms with E-state index in [0.717, 1.165) is 40.7 Å². The van der Waals surface area contributed by atoms with E-state index in [0.29, 0.717) is 0 Å². The number of nitrogens with zero attached hydrogens (tertiary/aromatic N) is 1. The summed E-state index contributed by atoms with van der Waals surface area (Å²) < 4.78 is 62.0. The molecule has 3 N–H and O–H groups in total. The predicted octanol–water partition coefficient (Wildman–Crippen LogP) is 2.29. The molecule has 0 saturated carbocycles. The lowest BCUT2D eigenvalue weighted by Crippen LogP contribution is -2.56. The number of aromatic amines is 1. The van der Waals surface area contributed by atoms with Crippen molar-refractivity contribution in [3.63, 3.8) is 0 Å². The smallest absolute Gasteiger partial charge is 0.361 e. The molecule has 0 spiro atoms. The van der Waals surface area contributed by atoms with Crippen molar-refractivity contribution in [1.82, 2.24) is 20.7 Å². The fraction of sp³-hybridized carbons (Fsp3) is 0.304. The van der Waals surface area contributed by atoms with Gasteiger partial charge in [-0.05, 0) is 42.3 Å². The number of H-pyrrole nitrogens is 1. The van der Waals surface area contributed by atoms with Gasteiger partial charge >= 0.3 is 6.18 Å². The van der Waals surface area contributed by atoms with Crippen LogP contribution < -0.4 is 10.9 Å². The van der Waals surface area contributed by atoms with E-state index < -0.39 is 39.4 Å². The third kappa shape index (κ3) is 5.82. The lowest BCUT2D eigenvalue weighted by molar-refractivity contribution is -0.137. The number of rotatable bonds is 5. The van der Waals surface area contributed by atoms with Crippen LogP contribution in [0.3, 0.4) is 0 Å². The van der Waals surface area contributed by atoms with Gasteiger partial charge < -0.3 is 4.98 Å². The summed E-state index contributed by atoms with van der Waals surface area (Å²) in [5.74, 6) is -1.50. The number of aromatic nitrogens is 1. The SMILES string of the molecule is O=C(NNC(=O)C(Cc1c[nH]c2ccccc12)N1CCS(=O)(=O)CC1)c1ccc(C(F)(F)F)cc1. The number of sulfone groups is 1. The van der Waals surface area contributed by atoms with Gasteiger partial charge in [0.05, 0.1) is 23.1 Å². The van der Waals surface area contributed by atoms with Crippen molar-refractivity contribution < 1.29 is 31.2 Å². The highest BCUT2D eigenvalue weighted by atomic mass is 32.2. The van der Waals surface area contributed by atoms with E-state index in [1.807, 2.05) is 24.3 Å². The zero-order valence-corrected chi connectivity index (χ0v) is 19.2. The number of hydrogen-bond acceptors (Lipinski definition) is 5. The van der Waals surface area contributed by atoms with Crippen LogP contribution in [-0.2, 0) is 27.2 Å². The van der Waals surface area contributed by atoms with Crippen molar-refractivity contribution in [3.8, 4) is 0 Å². The molecule has 186 valence electrons. The fourth-order valence-electron chi connectivity index (χ4n) is 4.02. The number of benzene rings is 2. The van der Waals surface area contributed by atoms with Crippen LogP contribution in [0.15, 0.2) is 54.7 Å². The van der Waals surface area contributed by atoms with Crippen molar-refractivity contribution in [2.24, 2.45) is 0 Å². The van der Waals surface area contributed by atoms with Crippen LogP contribution in [0, 0.1) is 0 Å². The van der Waals surface area contributed by atoms with Crippen molar-refractivity contribution in [3.05, 3.63) is 71.4 Å². The number of carbonyl (C=O) groups is 2. The van der Waals surface area contributed by atoms with Gasteiger partial charge in [-0.2, -0.15) is 13.2 Å². The summed E-state index contributed by atoms with van der Waals surface area (Å²) in [6.07, 6.45) is -2.49. The zero-order chi connectivity index (χ0) is 25.2. The Morgan fingerprint density at radius 1 is 1.00 bits per heavy atom. The molecule has 1 unspecified atom stereocenters. The summed E-state index contributed by atoms with van der Waals surface area (Å²) in [6, 6.07) is 10.4. The molecule has 1 saturated heterocycles. The van der Waals surface area contributed by atoms with Gasteiger partial charge in [0.25, 0.3) is 11.8 Å². The van der Waals surface area contributed by atoms with Crippen molar-refractivity contribution in [2.45, 2.75) is 18.6 Å². The minimum atomic E-state index is -4.53. The lowest BCUT2D eigenvalue weighted by Gasteiger charge is -2.33. The first-order valence-electron chi connectivity index (χ1n) is 10.8. The number of nitrogens with one attached hydrogen (secondary N) is 3. The summed E-state index contributed by atoms with van der Waals surface area (Å²) in [4.78, 5) is 30.4. The normalized spacial score (nSPS) is 17.1. The van der Waals surface area contributed by atoms with Crippen LogP contribution in [-0.4, -0.2) is 60.8 Å². The number of amides is 2. The van der Waals surface area contributed by atoms with Gasteiger partial charge in [0.1, 0.15) is 0 Å². The summed E-state index contributed by atoms with van der Waals surface area (Å²) in [6.45, 7) is 0.325. The first-order valence-corrected chi connectivity index (χ1v) is 12.6. The average Bonchev–Trinajstić information content (AvgIpc) is 3.23. The zero-order valence-electron chi connectivity index (χ0n) is 18.4. The molecule has 1 atom stereocenters. The van der Waals surface area contributed by atoms with Gasteiger partial charge in [0, 0.05) is 35.8 Å². The van der Waals surface area contributed by atoms with E-state index >= 15 is 0 Å². The van der Waals surface area contributed by atoms with E-state index in [1.54, 1.807) is 11.1 Å². The number of halogens is 3. The first-order chi connectivity index (χ1) is 16.5. The second-order valence-electron chi connectivity index (χ2n) is 8.29. The van der Waals surface area contributed by atoms with Gasteiger partial charge in [-0.1, -0.05) is 18.2 Å². The Morgan fingerprint density at radius 2 is 1.66 bits per heavy atom. The highest BCUT2D eigenvalue weighted by Gasteiger charge is 2.33. The third-order valence-corrected chi connectivity index (χ3v) is 7.59. The summed E-state index contributed by atoms with van der Waals surface area (Å²) in [5, 5.41) is 0.920. The summed E-state index contributed by atoms with van der Waals surface area (Å²) >= 11 is 0. The molecular weight excluding hydrogens is 485 g/mol. The Labute approximate surface area is 199 Å². The average molecular weight is 509 g/mol. The molecular formula is C23H23F3N4O4S. The molecule has 2 aromatic carbocycles. The maximum absolute atomic E-state index is 13.1. The minimum Gasteiger partial charge on any atom is -0.361 e. The molecule has 1 fully saturated rings. The quantitative estimate of drug-likeness (QED) is 0.458. The maximum atomic E-state index is 13.1. The molecule has 12 heteroatoms. The highest BCUT2D eigenvalue weighted by molar-refractivity contribution is 7.91. The number of carbonyl (C=O) groups excluding carboxylic acids is 2. The molecule has 1 aliphatic heterocycles. The summed E-state index contributed by atoms with van der Waals surface area (Å²) in [7, 11) is -3.18. The molecule has 0 aliphatic carbocycles. The number of alkyl halides is 3. The van der Waals surface area contributed by atoms with Gasteiger partial charge in [-0.25, -0.2) is 8.42 Å². The molecule has 8 nitrogen and oxygen atoms in total. The number of hydrogen-bond donors (Lipinski definition) is 3. The first kappa shape index (κ1) is 24.7. The highest BCUT2D eigenvalue weighted by Crippen LogP contribution is 2.29. The molecule has 35 heavy (non-hydrogen) atoms. The van der Waals surface area contributed by atoms with Gasteiger partial charge in [0.2, 0.25) is 0 Å². The molecule has 1 aromatic heterocycles. The van der Waals surface area contributed by atoms with Gasteiger partial charge in [-0.15, -0.1) is 0 Å². The second-order valence-corrected chi connectivity index (χ2v) is 10.6. The summed E-state index contributed by atoms with van der Waals surface area (Å²) in [5.41, 5.74) is 5.37. The fourth-order valence-corrected chi connectivity index (χ4v) is 5.25. The molecule has 2 amide bonds. The van der Waals surface area contributed by atoms with E-state index in [1.165, 1.54) is 0 Å². The second kappa shape index (κ2) is 9.70. The van der Waals surface area contributed by atoms with Crippen molar-refractivity contribution in [2.75, 3.05) is 24.6 Å². The number of hydrazine groups is 1. The Balaban J connectivity index is 1.48. The van der Waals surface area contributed by atoms with Crippen LogP contribution in [0.5, 0.6) is 0 Å². The molecule has 2 heterocycles. The monoisotopic (exact) mass is 508 g/mol. The van der Waals surface area contributed by atoms with Gasteiger partial charge in [-0.3, -0.25) is 25.3 Å². The Kier molecular flexibility index (Phi) is 6.86. The van der Waals surface area contributed by atoms with Crippen LogP contribution >= 0.6 is 0 Å². The van der Waals surface area contributed by atoms with E-state index in [2.05, 4.69) is 15.8 Å². The Bertz CT molecular complexity index is 1320. The molecule has 3 aromatic rings. The van der Waals surface area contributed by atoms with E-state index in [-0.39, 0.29) is 36.6 Å². The molecule has 0 bridgehead atoms. The van der Waals surface area contributed by atoms with Crippen molar-refractivity contribution >= 4 is 32.6 Å². The predicted molar refractivity (Wildman–Crippen MR) is 123 cm³/mol. The molecule has 4 rings (SSSR count). The van der Waals surface area contributed by atoms with Crippen LogP contribution in [0.4, 0.5) is 13.2 Å². The topological polar surface area (TPSA) is 111 Å². The molecule has 1 aliphatic rings. The van der Waals surface area contributed by atoms with Crippen LogP contribution in [0.1, 0.15) is 21.5 Å². The van der Waals surface area contributed by atoms with Crippen LogP contribution in [0.25, 0.3) is 10.9 Å². The number of fused-ring (bicyclic) bond motifs is 1. The van der Waals surface area contributed by atoms with E-state index in [9.17, 15) is 31.2 Å². The standard InChI is InChI=1S/C23H23F3N4O4S/c24-23(25,26)17-7-5-15(6-8-17)21(31)28-29-22(32)20(30-9-11-35(33,34)12-10-30)13-16-14-27-19-4-2-1-3-18(16)19/h1-8,14,20,27H,9-13H2,(H,28,31)(H,29,32). The Morgan fingerprint density at radius 3 is 2.31 bits per heavy atom. The molecule has 0 radical (unpaired) electrons. The number of para-hydroxylation sites is 1. The van der Waals surface area contributed by atoms with Gasteiger partial charge in [0.15, 0.2) is 9.84 Å². The Hall–Kier alpha value is -3.38. The lowest BCUT2D eigenvalue weighted by atomic mass is 10.0. The van der Waals surface area contributed by atoms with E-state index in [4.69, 9.17) is 0 Å². The maximum Gasteiger partial charge on any atom is 0.416 e.